The average Bonchev–Trinajstić information content (AvgIpc) is 3.41. The molecule has 0 bridgehead atoms. The SMILES string of the molecule is CN(C)CC(=O)N1CCC[C@@H]1COc1cccc2ncnc(Nc3cccc(Cl)c3OCc3ccccn3)c12. The van der Waals surface area contributed by atoms with Crippen molar-refractivity contribution < 1.29 is 14.3 Å². The van der Waals surface area contributed by atoms with Crippen LogP contribution in [0.2, 0.25) is 5.02 Å². The highest BCUT2D eigenvalue weighted by atomic mass is 35.5. The highest BCUT2D eigenvalue weighted by molar-refractivity contribution is 6.32. The summed E-state index contributed by atoms with van der Waals surface area (Å²) in [4.78, 5) is 29.8. The van der Waals surface area contributed by atoms with Crippen LogP contribution in [-0.4, -0.2) is 70.5 Å². The van der Waals surface area contributed by atoms with E-state index in [9.17, 15) is 4.79 Å². The number of pyridine rings is 1. The van der Waals surface area contributed by atoms with E-state index in [0.29, 0.717) is 41.2 Å². The third-order valence-electron chi connectivity index (χ3n) is 6.52. The number of rotatable bonds is 10. The lowest BCUT2D eigenvalue weighted by Crippen LogP contribution is -2.43. The Hall–Kier alpha value is -3.95. The van der Waals surface area contributed by atoms with Gasteiger partial charge in [-0.05, 0) is 63.3 Å². The molecule has 0 radical (unpaired) electrons. The van der Waals surface area contributed by atoms with Gasteiger partial charge in [0.25, 0.3) is 0 Å². The molecule has 1 N–H and O–H groups in total. The van der Waals surface area contributed by atoms with Crippen LogP contribution in [0.1, 0.15) is 18.5 Å². The van der Waals surface area contributed by atoms with Gasteiger partial charge in [-0.1, -0.05) is 29.8 Å². The molecule has 0 aliphatic carbocycles. The fourth-order valence-electron chi connectivity index (χ4n) is 4.69. The van der Waals surface area contributed by atoms with Crippen molar-refractivity contribution in [2.24, 2.45) is 0 Å². The summed E-state index contributed by atoms with van der Waals surface area (Å²) in [5, 5.41) is 4.58. The Balaban J connectivity index is 1.38. The summed E-state index contributed by atoms with van der Waals surface area (Å²) in [6, 6.07) is 16.9. The monoisotopic (exact) mass is 546 g/mol. The predicted molar refractivity (Wildman–Crippen MR) is 152 cm³/mol. The number of fused-ring (bicyclic) bond motifs is 1. The maximum Gasteiger partial charge on any atom is 0.237 e. The third kappa shape index (κ3) is 6.38. The number of halogens is 1. The highest BCUT2D eigenvalue weighted by Crippen LogP contribution is 2.38. The number of amides is 1. The lowest BCUT2D eigenvalue weighted by atomic mass is 10.2. The van der Waals surface area contributed by atoms with Gasteiger partial charge >= 0.3 is 0 Å². The lowest BCUT2D eigenvalue weighted by molar-refractivity contribution is -0.133. The number of anilines is 2. The molecule has 1 saturated heterocycles. The molecule has 9 nitrogen and oxygen atoms in total. The molecular weight excluding hydrogens is 516 g/mol. The smallest absolute Gasteiger partial charge is 0.237 e. The van der Waals surface area contributed by atoms with Crippen molar-refractivity contribution in [3.8, 4) is 11.5 Å². The maximum atomic E-state index is 12.7. The lowest BCUT2D eigenvalue weighted by Gasteiger charge is -2.26. The molecular formula is C29H31ClN6O3. The van der Waals surface area contributed by atoms with Crippen LogP contribution in [0.25, 0.3) is 10.9 Å². The van der Waals surface area contributed by atoms with Gasteiger partial charge in [0.1, 0.15) is 31.1 Å². The molecule has 10 heteroatoms. The molecule has 1 aliphatic rings. The number of ether oxygens (including phenoxy) is 2. The average molecular weight is 547 g/mol. The van der Waals surface area contributed by atoms with Crippen LogP contribution in [0, 0.1) is 0 Å². The van der Waals surface area contributed by atoms with Gasteiger partial charge in [-0.25, -0.2) is 9.97 Å². The zero-order chi connectivity index (χ0) is 27.2. The van der Waals surface area contributed by atoms with Crippen LogP contribution >= 0.6 is 11.6 Å². The normalized spacial score (nSPS) is 15.1. The number of benzene rings is 2. The number of aromatic nitrogens is 3. The van der Waals surface area contributed by atoms with Crippen molar-refractivity contribution in [1.82, 2.24) is 24.8 Å². The van der Waals surface area contributed by atoms with E-state index in [2.05, 4.69) is 20.3 Å². The standard InChI is InChI=1S/C29H31ClN6O3/c1-35(2)16-26(37)36-15-7-9-21(36)18-38-25-13-6-11-23-27(25)29(33-19-32-23)34-24-12-5-10-22(30)28(24)39-17-20-8-3-4-14-31-20/h3-6,8,10-14,19,21H,7,9,15-18H2,1-2H3,(H,32,33,34)/t21-/m1/s1. The molecule has 2 aromatic heterocycles. The Bertz CT molecular complexity index is 1430. The second kappa shape index (κ2) is 12.3. The second-order valence-electron chi connectivity index (χ2n) is 9.66. The summed E-state index contributed by atoms with van der Waals surface area (Å²) in [5.74, 6) is 1.82. The van der Waals surface area contributed by atoms with Gasteiger partial charge in [0, 0.05) is 12.7 Å². The van der Waals surface area contributed by atoms with Gasteiger partial charge in [0.05, 0.1) is 39.9 Å². The molecule has 1 fully saturated rings. The molecule has 39 heavy (non-hydrogen) atoms. The minimum atomic E-state index is 0.0216. The van der Waals surface area contributed by atoms with Gasteiger partial charge < -0.3 is 24.6 Å². The number of nitrogens with zero attached hydrogens (tertiary/aromatic N) is 5. The number of likely N-dealkylation sites (tertiary alicyclic amines) is 1. The minimum absolute atomic E-state index is 0.0216. The van der Waals surface area contributed by atoms with E-state index in [1.165, 1.54) is 6.33 Å². The first-order chi connectivity index (χ1) is 19.0. The van der Waals surface area contributed by atoms with Crippen molar-refractivity contribution in [1.29, 1.82) is 0 Å². The first kappa shape index (κ1) is 26.6. The van der Waals surface area contributed by atoms with Gasteiger partial charge in [-0.15, -0.1) is 0 Å². The van der Waals surface area contributed by atoms with Crippen LogP contribution < -0.4 is 14.8 Å². The zero-order valence-corrected chi connectivity index (χ0v) is 22.8. The number of para-hydroxylation sites is 1. The molecule has 0 saturated carbocycles. The summed E-state index contributed by atoms with van der Waals surface area (Å²) in [6.07, 6.45) is 5.10. The largest absolute Gasteiger partial charge is 0.491 e. The van der Waals surface area contributed by atoms with E-state index >= 15 is 0 Å². The van der Waals surface area contributed by atoms with E-state index in [0.717, 1.165) is 36.0 Å². The Kier molecular flexibility index (Phi) is 8.39. The Morgan fingerprint density at radius 2 is 1.95 bits per heavy atom. The number of hydrogen-bond acceptors (Lipinski definition) is 8. The number of carbonyl (C=O) groups is 1. The fraction of sp³-hybridized carbons (Fsp3) is 0.310. The van der Waals surface area contributed by atoms with E-state index in [-0.39, 0.29) is 18.6 Å². The third-order valence-corrected chi connectivity index (χ3v) is 6.81. The van der Waals surface area contributed by atoms with Gasteiger partial charge in [-0.2, -0.15) is 0 Å². The summed E-state index contributed by atoms with van der Waals surface area (Å²) in [7, 11) is 3.80. The maximum absolute atomic E-state index is 12.7. The van der Waals surface area contributed by atoms with Gasteiger partial charge in [0.2, 0.25) is 5.91 Å². The predicted octanol–water partition coefficient (Wildman–Crippen LogP) is 4.93. The molecule has 0 spiro atoms. The Labute approximate surface area is 232 Å². The summed E-state index contributed by atoms with van der Waals surface area (Å²) in [6.45, 7) is 1.80. The first-order valence-corrected chi connectivity index (χ1v) is 13.3. The zero-order valence-electron chi connectivity index (χ0n) is 22.0. The van der Waals surface area contributed by atoms with E-state index < -0.39 is 0 Å². The van der Waals surface area contributed by atoms with Crippen LogP contribution in [0.3, 0.4) is 0 Å². The fourth-order valence-corrected chi connectivity index (χ4v) is 4.92. The van der Waals surface area contributed by atoms with E-state index in [1.807, 2.05) is 72.4 Å². The number of hydrogen-bond donors (Lipinski definition) is 1. The van der Waals surface area contributed by atoms with Crippen molar-refractivity contribution in [3.05, 3.63) is 77.8 Å². The molecule has 5 rings (SSSR count). The Morgan fingerprint density at radius 1 is 1.08 bits per heavy atom. The Morgan fingerprint density at radius 3 is 2.77 bits per heavy atom. The number of likely N-dealkylation sites (N-methyl/N-ethyl adjacent to an activating group) is 1. The molecule has 4 aromatic rings. The summed E-state index contributed by atoms with van der Waals surface area (Å²) < 4.78 is 12.4. The number of carbonyl (C=O) groups excluding carboxylic acids is 1. The summed E-state index contributed by atoms with van der Waals surface area (Å²) in [5.41, 5.74) is 2.18. The molecule has 1 amide bonds. The second-order valence-corrected chi connectivity index (χ2v) is 10.1. The molecule has 1 atom stereocenters. The minimum Gasteiger partial charge on any atom is -0.491 e. The molecule has 1 aliphatic heterocycles. The van der Waals surface area contributed by atoms with Gasteiger partial charge in [0.15, 0.2) is 5.75 Å². The topological polar surface area (TPSA) is 92.7 Å². The van der Waals surface area contributed by atoms with Crippen LogP contribution in [0.4, 0.5) is 11.5 Å². The summed E-state index contributed by atoms with van der Waals surface area (Å²) >= 11 is 6.53. The van der Waals surface area contributed by atoms with Crippen LogP contribution in [0.5, 0.6) is 11.5 Å². The molecule has 2 aromatic carbocycles. The van der Waals surface area contributed by atoms with Crippen molar-refractivity contribution in [2.75, 3.05) is 39.1 Å². The van der Waals surface area contributed by atoms with Crippen LogP contribution in [0.15, 0.2) is 67.1 Å². The van der Waals surface area contributed by atoms with Crippen molar-refractivity contribution >= 4 is 39.9 Å². The molecule has 202 valence electrons. The molecule has 0 unspecified atom stereocenters. The first-order valence-electron chi connectivity index (χ1n) is 12.9. The quantitative estimate of drug-likeness (QED) is 0.299. The van der Waals surface area contributed by atoms with Crippen LogP contribution in [-0.2, 0) is 11.4 Å². The van der Waals surface area contributed by atoms with E-state index in [4.69, 9.17) is 21.1 Å². The number of nitrogens with one attached hydrogen (secondary N) is 1. The van der Waals surface area contributed by atoms with E-state index in [1.54, 1.807) is 12.3 Å². The molecule has 3 heterocycles. The highest BCUT2D eigenvalue weighted by Gasteiger charge is 2.29. The van der Waals surface area contributed by atoms with Crippen molar-refractivity contribution in [3.63, 3.8) is 0 Å². The van der Waals surface area contributed by atoms with Gasteiger partial charge in [-0.3, -0.25) is 9.78 Å². The van der Waals surface area contributed by atoms with Crippen molar-refractivity contribution in [2.45, 2.75) is 25.5 Å².